The van der Waals surface area contributed by atoms with Gasteiger partial charge in [-0.05, 0) is 44.2 Å². The second kappa shape index (κ2) is 10.1. The summed E-state index contributed by atoms with van der Waals surface area (Å²) >= 11 is 0. The molecule has 1 saturated carbocycles. The fourth-order valence-corrected chi connectivity index (χ4v) is 3.58. The van der Waals surface area contributed by atoms with E-state index in [4.69, 9.17) is 5.73 Å². The first-order valence-corrected chi connectivity index (χ1v) is 8.44. The molecule has 2 aliphatic rings. The first-order valence-electron chi connectivity index (χ1n) is 8.44. The number of anilines is 1. The summed E-state index contributed by atoms with van der Waals surface area (Å²) in [4.78, 5) is 19.1. The average Bonchev–Trinajstić information content (AvgIpc) is 2.56. The number of aromatic nitrogens is 1. The van der Waals surface area contributed by atoms with Crippen molar-refractivity contribution >= 4 is 36.5 Å². The van der Waals surface area contributed by atoms with Gasteiger partial charge in [-0.1, -0.05) is 12.5 Å². The van der Waals surface area contributed by atoms with Crippen molar-refractivity contribution in [3.05, 3.63) is 24.4 Å². The normalized spacial score (nSPS) is 24.5. The van der Waals surface area contributed by atoms with E-state index in [-0.39, 0.29) is 42.7 Å². The van der Waals surface area contributed by atoms with E-state index >= 15 is 0 Å². The summed E-state index contributed by atoms with van der Waals surface area (Å²) in [5.41, 5.74) is 5.99. The van der Waals surface area contributed by atoms with Gasteiger partial charge in [0, 0.05) is 37.3 Å². The molecule has 0 bridgehead atoms. The van der Waals surface area contributed by atoms with Crippen LogP contribution in [0.1, 0.15) is 38.5 Å². The molecule has 5 nitrogen and oxygen atoms in total. The van der Waals surface area contributed by atoms with E-state index < -0.39 is 0 Å². The Morgan fingerprint density at radius 3 is 2.54 bits per heavy atom. The number of hydrogen-bond donors (Lipinski definition) is 2. The zero-order valence-electron chi connectivity index (χ0n) is 13.9. The summed E-state index contributed by atoms with van der Waals surface area (Å²) in [6, 6.07) is 6.50. The molecule has 24 heavy (non-hydrogen) atoms. The molecule has 136 valence electrons. The van der Waals surface area contributed by atoms with Gasteiger partial charge in [-0.15, -0.1) is 24.8 Å². The number of hydrogen-bond acceptors (Lipinski definition) is 4. The predicted octanol–water partition coefficient (Wildman–Crippen LogP) is 2.53. The molecular formula is C17H28Cl2N4O. The van der Waals surface area contributed by atoms with Crippen molar-refractivity contribution in [3.8, 4) is 0 Å². The zero-order valence-corrected chi connectivity index (χ0v) is 15.5. The topological polar surface area (TPSA) is 71.2 Å². The Balaban J connectivity index is 0.00000144. The molecule has 2 heterocycles. The van der Waals surface area contributed by atoms with Crippen LogP contribution in [-0.2, 0) is 4.79 Å². The third kappa shape index (κ3) is 5.50. The fourth-order valence-electron chi connectivity index (χ4n) is 3.58. The minimum absolute atomic E-state index is 0. The molecule has 1 aliphatic heterocycles. The van der Waals surface area contributed by atoms with Crippen LogP contribution in [0.4, 0.5) is 5.82 Å². The number of carbonyl (C=O) groups is 1. The monoisotopic (exact) mass is 374 g/mol. The van der Waals surface area contributed by atoms with Gasteiger partial charge in [0.1, 0.15) is 5.82 Å². The number of piperidine rings is 1. The van der Waals surface area contributed by atoms with Crippen molar-refractivity contribution in [2.75, 3.05) is 18.0 Å². The summed E-state index contributed by atoms with van der Waals surface area (Å²) in [5.74, 6) is 1.37. The predicted molar refractivity (Wildman–Crippen MR) is 102 cm³/mol. The molecule has 0 radical (unpaired) electrons. The summed E-state index contributed by atoms with van der Waals surface area (Å²) < 4.78 is 0. The lowest BCUT2D eigenvalue weighted by molar-refractivity contribution is -0.127. The number of amides is 1. The quantitative estimate of drug-likeness (QED) is 0.852. The first kappa shape index (κ1) is 21.0. The lowest BCUT2D eigenvalue weighted by Gasteiger charge is -2.34. The second-order valence-corrected chi connectivity index (χ2v) is 6.58. The van der Waals surface area contributed by atoms with Crippen molar-refractivity contribution in [2.24, 2.45) is 11.7 Å². The largest absolute Gasteiger partial charge is 0.356 e. The molecule has 2 unspecified atom stereocenters. The van der Waals surface area contributed by atoms with Gasteiger partial charge in [0.15, 0.2) is 0 Å². The molecule has 1 aromatic heterocycles. The average molecular weight is 375 g/mol. The maximum absolute atomic E-state index is 12.4. The zero-order chi connectivity index (χ0) is 15.4. The molecular weight excluding hydrogens is 347 g/mol. The maximum atomic E-state index is 12.4. The van der Waals surface area contributed by atoms with Gasteiger partial charge < -0.3 is 16.0 Å². The molecule has 1 aliphatic carbocycles. The molecule has 2 fully saturated rings. The van der Waals surface area contributed by atoms with Gasteiger partial charge >= 0.3 is 0 Å². The van der Waals surface area contributed by atoms with E-state index in [1.807, 2.05) is 24.4 Å². The number of carbonyl (C=O) groups excluding carboxylic acids is 1. The van der Waals surface area contributed by atoms with E-state index in [2.05, 4.69) is 15.2 Å². The van der Waals surface area contributed by atoms with Crippen LogP contribution in [0, 0.1) is 5.92 Å². The van der Waals surface area contributed by atoms with Crippen molar-refractivity contribution in [3.63, 3.8) is 0 Å². The molecule has 0 spiro atoms. The van der Waals surface area contributed by atoms with Crippen molar-refractivity contribution in [1.82, 2.24) is 10.3 Å². The molecule has 2 atom stereocenters. The van der Waals surface area contributed by atoms with Crippen molar-refractivity contribution < 1.29 is 4.79 Å². The highest BCUT2D eigenvalue weighted by Gasteiger charge is 2.28. The highest BCUT2D eigenvalue weighted by molar-refractivity contribution is 5.85. The van der Waals surface area contributed by atoms with Gasteiger partial charge in [0.25, 0.3) is 0 Å². The minimum atomic E-state index is 0. The van der Waals surface area contributed by atoms with Crippen LogP contribution in [0.15, 0.2) is 24.4 Å². The standard InChI is InChI=1S/C17H26N4O.2ClH/c18-14-5-3-4-13(12-14)17(22)20-15-7-10-21(11-8-15)16-6-1-2-9-19-16;;/h1-2,6,9,13-15H,3-5,7-8,10-12,18H2,(H,20,22);2*1H. The fraction of sp³-hybridized carbons (Fsp3) is 0.647. The van der Waals surface area contributed by atoms with Gasteiger partial charge in [-0.2, -0.15) is 0 Å². The van der Waals surface area contributed by atoms with Crippen molar-refractivity contribution in [2.45, 2.75) is 50.6 Å². The van der Waals surface area contributed by atoms with Gasteiger partial charge in [0.2, 0.25) is 5.91 Å². The lowest BCUT2D eigenvalue weighted by Crippen LogP contribution is -2.47. The number of rotatable bonds is 3. The molecule has 0 aromatic carbocycles. The Kier molecular flexibility index (Phi) is 8.81. The number of nitrogens with zero attached hydrogens (tertiary/aromatic N) is 2. The molecule has 1 aromatic rings. The van der Waals surface area contributed by atoms with Crippen LogP contribution < -0.4 is 16.0 Å². The van der Waals surface area contributed by atoms with Crippen LogP contribution in [-0.4, -0.2) is 36.1 Å². The van der Waals surface area contributed by atoms with Crippen LogP contribution in [0.2, 0.25) is 0 Å². The summed E-state index contributed by atoms with van der Waals surface area (Å²) in [6.45, 7) is 1.90. The molecule has 7 heteroatoms. The Labute approximate surface area is 156 Å². The lowest BCUT2D eigenvalue weighted by atomic mass is 9.85. The number of nitrogens with one attached hydrogen (secondary N) is 1. The van der Waals surface area contributed by atoms with Gasteiger partial charge in [-0.3, -0.25) is 4.79 Å². The first-order chi connectivity index (χ1) is 10.7. The minimum Gasteiger partial charge on any atom is -0.356 e. The highest BCUT2D eigenvalue weighted by Crippen LogP contribution is 2.24. The van der Waals surface area contributed by atoms with Crippen LogP contribution >= 0.6 is 24.8 Å². The molecule has 1 amide bonds. The SMILES string of the molecule is Cl.Cl.NC1CCCC(C(=O)NC2CCN(c3ccccn3)CC2)C1. The van der Waals surface area contributed by atoms with Gasteiger partial charge in [-0.25, -0.2) is 4.98 Å². The molecule has 3 rings (SSSR count). The van der Waals surface area contributed by atoms with E-state index in [9.17, 15) is 4.79 Å². The van der Waals surface area contributed by atoms with Crippen LogP contribution in [0.3, 0.4) is 0 Å². The van der Waals surface area contributed by atoms with Crippen LogP contribution in [0.5, 0.6) is 0 Å². The summed E-state index contributed by atoms with van der Waals surface area (Å²) in [5, 5.41) is 3.24. The number of halogens is 2. The number of pyridine rings is 1. The van der Waals surface area contributed by atoms with Crippen LogP contribution in [0.25, 0.3) is 0 Å². The van der Waals surface area contributed by atoms with Gasteiger partial charge in [0.05, 0.1) is 0 Å². The Hall–Kier alpha value is -1.04. The van der Waals surface area contributed by atoms with E-state index in [0.717, 1.165) is 57.4 Å². The third-order valence-electron chi connectivity index (χ3n) is 4.90. The van der Waals surface area contributed by atoms with Crippen molar-refractivity contribution in [1.29, 1.82) is 0 Å². The van der Waals surface area contributed by atoms with E-state index in [0.29, 0.717) is 6.04 Å². The highest BCUT2D eigenvalue weighted by atomic mass is 35.5. The van der Waals surface area contributed by atoms with E-state index in [1.165, 1.54) is 0 Å². The Morgan fingerprint density at radius 2 is 1.92 bits per heavy atom. The Morgan fingerprint density at radius 1 is 1.17 bits per heavy atom. The number of nitrogens with two attached hydrogens (primary N) is 1. The Bertz CT molecular complexity index is 495. The second-order valence-electron chi connectivity index (χ2n) is 6.58. The molecule has 1 saturated heterocycles. The molecule has 3 N–H and O–H groups in total. The summed E-state index contributed by atoms with van der Waals surface area (Å²) in [6.07, 6.45) is 7.78. The van der Waals surface area contributed by atoms with E-state index in [1.54, 1.807) is 0 Å². The maximum Gasteiger partial charge on any atom is 0.223 e. The third-order valence-corrected chi connectivity index (χ3v) is 4.90. The summed E-state index contributed by atoms with van der Waals surface area (Å²) in [7, 11) is 0. The smallest absolute Gasteiger partial charge is 0.223 e.